The zero-order valence-corrected chi connectivity index (χ0v) is 16.4. The Morgan fingerprint density at radius 3 is 2.57 bits per heavy atom. The highest BCUT2D eigenvalue weighted by Crippen LogP contribution is 2.41. The Kier molecular flexibility index (Phi) is 4.12. The summed E-state index contributed by atoms with van der Waals surface area (Å²) in [6, 6.07) is 22.5. The zero-order valence-electron chi connectivity index (χ0n) is 16.4. The van der Waals surface area contributed by atoms with Gasteiger partial charge in [0.2, 0.25) is 5.70 Å². The summed E-state index contributed by atoms with van der Waals surface area (Å²) in [4.78, 5) is 3.72. The van der Waals surface area contributed by atoms with Gasteiger partial charge in [0.05, 0.1) is 35.5 Å². The number of hydrogen-bond acceptors (Lipinski definition) is 2. The van der Waals surface area contributed by atoms with E-state index in [9.17, 15) is 5.26 Å². The number of furan rings is 1. The van der Waals surface area contributed by atoms with E-state index in [0.29, 0.717) is 5.70 Å². The maximum atomic E-state index is 9.17. The monoisotopic (exact) mass is 387 g/mol. The molecule has 0 saturated heterocycles. The van der Waals surface area contributed by atoms with E-state index in [-0.39, 0.29) is 6.42 Å². The van der Waals surface area contributed by atoms with Crippen molar-refractivity contribution in [3.8, 4) is 6.07 Å². The summed E-state index contributed by atoms with van der Waals surface area (Å²) < 4.78 is 8.37. The van der Waals surface area contributed by atoms with Gasteiger partial charge in [0.15, 0.2) is 0 Å². The van der Waals surface area contributed by atoms with Crippen LogP contribution < -0.4 is 0 Å². The fourth-order valence-electron chi connectivity index (χ4n) is 4.22. The third-order valence-electron chi connectivity index (χ3n) is 5.46. The summed E-state index contributed by atoms with van der Waals surface area (Å²) in [5, 5.41) is 13.4. The summed E-state index contributed by atoms with van der Waals surface area (Å²) in [7, 11) is 0. The van der Waals surface area contributed by atoms with Crippen molar-refractivity contribution in [2.24, 2.45) is 0 Å². The molecule has 0 radical (unpaired) electrons. The van der Waals surface area contributed by atoms with Crippen molar-refractivity contribution in [2.45, 2.75) is 13.3 Å². The van der Waals surface area contributed by atoms with Crippen molar-refractivity contribution in [1.29, 1.82) is 5.26 Å². The number of nitrogens with zero attached hydrogens (tertiary/aromatic N) is 3. The Morgan fingerprint density at radius 1 is 1.03 bits per heavy atom. The van der Waals surface area contributed by atoms with Crippen molar-refractivity contribution in [1.82, 2.24) is 4.57 Å². The summed E-state index contributed by atoms with van der Waals surface area (Å²) >= 11 is 0. The van der Waals surface area contributed by atoms with E-state index in [1.54, 1.807) is 6.08 Å². The quantitative estimate of drug-likeness (QED) is 0.241. The highest BCUT2D eigenvalue weighted by atomic mass is 16.3. The van der Waals surface area contributed by atoms with Crippen LogP contribution in [0.2, 0.25) is 0 Å². The second-order valence-corrected chi connectivity index (χ2v) is 7.02. The van der Waals surface area contributed by atoms with Gasteiger partial charge in [0, 0.05) is 21.9 Å². The second-order valence-electron chi connectivity index (χ2n) is 7.02. The van der Waals surface area contributed by atoms with Gasteiger partial charge in [-0.1, -0.05) is 55.5 Å². The molecule has 5 rings (SSSR count). The lowest BCUT2D eigenvalue weighted by atomic mass is 10.1. The molecular formula is C26H17N3O. The molecular weight excluding hydrogens is 370 g/mol. The second kappa shape index (κ2) is 6.95. The van der Waals surface area contributed by atoms with Gasteiger partial charge in [-0.3, -0.25) is 0 Å². The number of benzene rings is 3. The highest BCUT2D eigenvalue weighted by Gasteiger charge is 2.20. The maximum Gasteiger partial charge on any atom is 0.206 e. The molecule has 0 aliphatic rings. The van der Waals surface area contributed by atoms with Crippen LogP contribution in [0.5, 0.6) is 0 Å². The Morgan fingerprint density at radius 2 is 1.80 bits per heavy atom. The van der Waals surface area contributed by atoms with E-state index >= 15 is 0 Å². The van der Waals surface area contributed by atoms with Gasteiger partial charge in [-0.25, -0.2) is 4.85 Å². The molecule has 0 aliphatic heterocycles. The van der Waals surface area contributed by atoms with Crippen molar-refractivity contribution < 1.29 is 4.42 Å². The van der Waals surface area contributed by atoms with Gasteiger partial charge >= 0.3 is 0 Å². The molecule has 0 atom stereocenters. The van der Waals surface area contributed by atoms with E-state index < -0.39 is 0 Å². The number of para-hydroxylation sites is 2. The lowest BCUT2D eigenvalue weighted by Crippen LogP contribution is -1.98. The van der Waals surface area contributed by atoms with Crippen LogP contribution in [0.3, 0.4) is 0 Å². The van der Waals surface area contributed by atoms with E-state index in [0.717, 1.165) is 49.4 Å². The molecule has 0 aliphatic carbocycles. The Bertz CT molecular complexity index is 1600. The Balaban J connectivity index is 1.99. The van der Waals surface area contributed by atoms with Crippen LogP contribution in [0.25, 0.3) is 54.3 Å². The van der Waals surface area contributed by atoms with Crippen LogP contribution in [0, 0.1) is 17.9 Å². The smallest absolute Gasteiger partial charge is 0.206 e. The first-order valence-corrected chi connectivity index (χ1v) is 9.73. The molecule has 4 heteroatoms. The van der Waals surface area contributed by atoms with Crippen LogP contribution >= 0.6 is 0 Å². The number of allylic oxidation sites excluding steroid dienone is 3. The molecule has 0 fully saturated rings. The first kappa shape index (κ1) is 17.8. The maximum absolute atomic E-state index is 9.17. The minimum absolute atomic E-state index is 0.225. The van der Waals surface area contributed by atoms with E-state index in [4.69, 9.17) is 11.0 Å². The third kappa shape index (κ3) is 2.45. The number of hydrogen-bond donors (Lipinski definition) is 0. The van der Waals surface area contributed by atoms with Crippen LogP contribution in [0.4, 0.5) is 0 Å². The normalized spacial score (nSPS) is 12.6. The molecule has 2 heterocycles. The standard InChI is InChI=1S/C26H17N3O/c1-3-20(28-2)22(12-8-16-27)29-21-11-6-4-10-19(21)25-23(29)15-14-18-17-9-5-7-13-24(17)30-26(18)25/h3-7,9-15H,8H2,1H3/b20-3+,22-12+. The third-order valence-corrected chi connectivity index (χ3v) is 5.46. The minimum atomic E-state index is 0.225. The molecule has 0 saturated carbocycles. The molecule has 0 spiro atoms. The number of nitriles is 1. The van der Waals surface area contributed by atoms with Gasteiger partial charge in [0.1, 0.15) is 11.2 Å². The first-order valence-electron chi connectivity index (χ1n) is 9.73. The van der Waals surface area contributed by atoms with E-state index in [1.807, 2.05) is 49.4 Å². The van der Waals surface area contributed by atoms with Crippen LogP contribution in [0.15, 0.2) is 82.9 Å². The topological polar surface area (TPSA) is 46.2 Å². The SMILES string of the molecule is [C-]#[N+]C(=C/C)/C(=C\CC#N)n1c2ccccc2c2c3oc4ccccc4c3ccc21. The van der Waals surface area contributed by atoms with Crippen LogP contribution in [-0.4, -0.2) is 4.57 Å². The fourth-order valence-corrected chi connectivity index (χ4v) is 4.22. The molecule has 30 heavy (non-hydrogen) atoms. The Hall–Kier alpha value is -4.28. The van der Waals surface area contributed by atoms with E-state index in [2.05, 4.69) is 39.7 Å². The average molecular weight is 387 g/mol. The molecule has 2 aromatic heterocycles. The number of fused-ring (bicyclic) bond motifs is 7. The summed E-state index contributed by atoms with van der Waals surface area (Å²) in [6.07, 6.45) is 3.84. The van der Waals surface area contributed by atoms with Crippen LogP contribution in [-0.2, 0) is 0 Å². The number of aromatic nitrogens is 1. The zero-order chi connectivity index (χ0) is 20.7. The molecule has 4 nitrogen and oxygen atoms in total. The summed E-state index contributed by atoms with van der Waals surface area (Å²) in [5.74, 6) is 0. The van der Waals surface area contributed by atoms with Crippen molar-refractivity contribution in [2.75, 3.05) is 0 Å². The fraction of sp³-hybridized carbons (Fsp3) is 0.0769. The van der Waals surface area contributed by atoms with Crippen molar-refractivity contribution >= 4 is 49.4 Å². The summed E-state index contributed by atoms with van der Waals surface area (Å²) in [5.41, 5.74) is 4.86. The van der Waals surface area contributed by atoms with Gasteiger partial charge in [-0.05, 0) is 24.3 Å². The highest BCUT2D eigenvalue weighted by molar-refractivity contribution is 6.24. The van der Waals surface area contributed by atoms with Crippen molar-refractivity contribution in [3.05, 3.63) is 89.9 Å². The molecule has 0 unspecified atom stereocenters. The van der Waals surface area contributed by atoms with Crippen molar-refractivity contribution in [3.63, 3.8) is 0 Å². The molecule has 3 aromatic carbocycles. The lowest BCUT2D eigenvalue weighted by molar-refractivity contribution is 0.673. The van der Waals surface area contributed by atoms with Gasteiger partial charge in [0.25, 0.3) is 0 Å². The van der Waals surface area contributed by atoms with Gasteiger partial charge in [-0.2, -0.15) is 5.26 Å². The summed E-state index contributed by atoms with van der Waals surface area (Å²) in [6.45, 7) is 9.50. The minimum Gasteiger partial charge on any atom is -0.455 e. The lowest BCUT2D eigenvalue weighted by Gasteiger charge is -2.11. The van der Waals surface area contributed by atoms with Crippen LogP contribution in [0.1, 0.15) is 13.3 Å². The predicted octanol–water partition coefficient (Wildman–Crippen LogP) is 7.27. The number of rotatable bonds is 3. The largest absolute Gasteiger partial charge is 0.455 e. The Labute approximate surface area is 173 Å². The average Bonchev–Trinajstić information content (AvgIpc) is 3.32. The molecule has 0 bridgehead atoms. The first-order chi connectivity index (χ1) is 14.8. The molecule has 0 amide bonds. The van der Waals surface area contributed by atoms with E-state index in [1.165, 1.54) is 0 Å². The molecule has 0 N–H and O–H groups in total. The predicted molar refractivity (Wildman–Crippen MR) is 122 cm³/mol. The van der Waals surface area contributed by atoms with Gasteiger partial charge in [-0.15, -0.1) is 0 Å². The molecule has 5 aromatic rings. The molecule has 142 valence electrons. The van der Waals surface area contributed by atoms with Gasteiger partial charge < -0.3 is 8.98 Å².